The van der Waals surface area contributed by atoms with E-state index in [4.69, 9.17) is 14.5 Å². The molecule has 0 spiro atoms. The first kappa shape index (κ1) is 51.2. The molecule has 45 heavy (non-hydrogen) atoms. The van der Waals surface area contributed by atoms with Gasteiger partial charge in [0, 0.05) is 26.6 Å². The summed E-state index contributed by atoms with van der Waals surface area (Å²) in [5.74, 6) is 0. The number of nitrogens with zero attached hydrogens (tertiary/aromatic N) is 2. The first-order valence-corrected chi connectivity index (χ1v) is 18.2. The Balaban J connectivity index is -0.000000276. The van der Waals surface area contributed by atoms with E-state index in [0.29, 0.717) is 10.3 Å². The van der Waals surface area contributed by atoms with Gasteiger partial charge in [-0.15, -0.1) is 0 Å². The van der Waals surface area contributed by atoms with Crippen LogP contribution in [0.1, 0.15) is 114 Å². The second-order valence-electron chi connectivity index (χ2n) is 13.7. The van der Waals surface area contributed by atoms with Gasteiger partial charge in [-0.2, -0.15) is 0 Å². The van der Waals surface area contributed by atoms with Gasteiger partial charge < -0.3 is 24.7 Å². The summed E-state index contributed by atoms with van der Waals surface area (Å²) in [5, 5.41) is 7.78. The van der Waals surface area contributed by atoms with Gasteiger partial charge in [-0.3, -0.25) is 9.97 Å². The number of rotatable bonds is 4. The molecule has 0 bridgehead atoms. The summed E-state index contributed by atoms with van der Waals surface area (Å²) in [6.45, 7) is 24.8. The van der Waals surface area contributed by atoms with Crippen LogP contribution in [-0.4, -0.2) is 56.5 Å². The minimum absolute atomic E-state index is 0. The van der Waals surface area contributed by atoms with E-state index >= 15 is 0 Å². The molecule has 0 aromatic carbocycles. The molecule has 2 saturated carbocycles. The van der Waals surface area contributed by atoms with Crippen molar-refractivity contribution in [2.24, 2.45) is 0 Å². The molecule has 2 unspecified atom stereocenters. The molecule has 260 valence electrons. The summed E-state index contributed by atoms with van der Waals surface area (Å²) in [5.41, 5.74) is 4.57. The molecule has 0 amide bonds. The molecule has 0 saturated heterocycles. The van der Waals surface area contributed by atoms with Gasteiger partial charge in [-0.25, -0.2) is 0 Å². The molecule has 2 heterocycles. The topological polar surface area (TPSA) is 75.1 Å². The smallest absolute Gasteiger partial charge is 0.358 e. The Kier molecular flexibility index (Phi) is 29.9. The fourth-order valence-corrected chi connectivity index (χ4v) is 12.4. The summed E-state index contributed by atoms with van der Waals surface area (Å²) >= 11 is 0. The molecule has 5 nitrogen and oxygen atoms in total. The molecule has 0 radical (unpaired) electrons. The van der Waals surface area contributed by atoms with E-state index in [1.165, 1.54) is 62.2 Å². The van der Waals surface area contributed by atoms with Crippen LogP contribution in [0.2, 0.25) is 0 Å². The van der Waals surface area contributed by atoms with E-state index < -0.39 is 0 Å². The number of pyridine rings is 2. The number of hydrogen-bond acceptors (Lipinski definition) is 4. The van der Waals surface area contributed by atoms with Gasteiger partial charge in [-0.05, 0) is 108 Å². The molecule has 2 aliphatic carbocycles. The van der Waals surface area contributed by atoms with Crippen molar-refractivity contribution >= 4 is 26.7 Å². The maximum Gasteiger partial charge on any atom is 2.00 e. The van der Waals surface area contributed by atoms with Crippen LogP contribution in [0.4, 0.5) is 0 Å². The minimum Gasteiger partial charge on any atom is -0.358 e. The zero-order valence-corrected chi connectivity index (χ0v) is 33.7. The number of hydrogen-bond donors (Lipinski definition) is 1. The summed E-state index contributed by atoms with van der Waals surface area (Å²) in [4.78, 5) is 9.24. The summed E-state index contributed by atoms with van der Waals surface area (Å²) in [6, 6.07) is 12.8. The Morgan fingerprint density at radius 2 is 0.933 bits per heavy atom. The molecule has 2 atom stereocenters. The third-order valence-corrected chi connectivity index (χ3v) is 14.1. The van der Waals surface area contributed by atoms with E-state index in [1.807, 2.05) is 45.3 Å². The normalized spacial score (nSPS) is 16.0. The van der Waals surface area contributed by atoms with Crippen LogP contribution in [0.5, 0.6) is 0 Å². The van der Waals surface area contributed by atoms with Crippen molar-refractivity contribution in [1.82, 2.24) is 9.97 Å². The number of ether oxygens (including phenoxy) is 1. The van der Waals surface area contributed by atoms with Gasteiger partial charge >= 0.3 is 28.4 Å². The Hall–Kier alpha value is -0.661. The Morgan fingerprint density at radius 1 is 0.667 bits per heavy atom. The van der Waals surface area contributed by atoms with Crippen LogP contribution >= 0.6 is 15.8 Å². The SMILES string of the molecule is CC(C)(C)P(c1ccccn1)C1CCCC1.CC(C)(C)P(c1ccccn1)C1CCCC1.CO.COC(C)(C)C.[C-]#[O+].[CH3-].[CH3-].[Fe+2]. The van der Waals surface area contributed by atoms with E-state index in [0.717, 1.165) is 18.4 Å². The summed E-state index contributed by atoms with van der Waals surface area (Å²) < 4.78 is 12.4. The summed E-state index contributed by atoms with van der Waals surface area (Å²) in [6.07, 6.45) is 15.3. The van der Waals surface area contributed by atoms with Crippen molar-refractivity contribution in [2.45, 2.75) is 141 Å². The van der Waals surface area contributed by atoms with Crippen LogP contribution in [0.3, 0.4) is 0 Å². The largest absolute Gasteiger partial charge is 2.00 e. The number of aromatic nitrogens is 2. The van der Waals surface area contributed by atoms with Crippen LogP contribution < -0.4 is 10.9 Å². The van der Waals surface area contributed by atoms with Gasteiger partial charge in [0.1, 0.15) is 0 Å². The van der Waals surface area contributed by atoms with Crippen molar-refractivity contribution in [3.05, 3.63) is 70.3 Å². The van der Waals surface area contributed by atoms with E-state index in [2.05, 4.69) is 82.4 Å². The van der Waals surface area contributed by atoms with E-state index in [-0.39, 0.29) is 53.4 Å². The second kappa shape index (κ2) is 26.3. The fourth-order valence-electron chi connectivity index (χ4n) is 5.47. The molecular formula is C37H66FeN2O3P2. The van der Waals surface area contributed by atoms with Crippen molar-refractivity contribution < 1.29 is 31.6 Å². The third-order valence-electron chi connectivity index (χ3n) is 7.23. The fraction of sp³-hybridized carbons (Fsp3) is 0.649. The number of aliphatic hydroxyl groups excluding tert-OH is 1. The average molecular weight is 705 g/mol. The van der Waals surface area contributed by atoms with Crippen molar-refractivity contribution in [1.29, 1.82) is 0 Å². The number of aliphatic hydroxyl groups is 1. The van der Waals surface area contributed by atoms with E-state index in [9.17, 15) is 0 Å². The number of methoxy groups -OCH3 is 1. The van der Waals surface area contributed by atoms with Gasteiger partial charge in [-0.1, -0.05) is 79.4 Å². The van der Waals surface area contributed by atoms with Gasteiger partial charge in [0.2, 0.25) is 0 Å². The molecule has 0 aliphatic heterocycles. The van der Waals surface area contributed by atoms with Gasteiger partial charge in [0.25, 0.3) is 0 Å². The standard InChI is InChI=1S/2C14H22NP.C5H12O.CH4O.CO.2CH3.Fe/c2*1-14(2,3)16(12-8-4-5-9-12)13-10-6-7-11-15-13;1-5(2,3)6-4;2*1-2;;;/h2*6-7,10-12H,4-5,8-9H2,1-3H3;1-4H3;2H,1H3;;2*1H3;/q;;;;;2*-1;+2. The molecule has 1 N–H and O–H groups in total. The Bertz CT molecular complexity index is 877. The molecule has 2 aromatic heterocycles. The van der Waals surface area contributed by atoms with Crippen LogP contribution in [0.25, 0.3) is 0 Å². The monoisotopic (exact) mass is 704 g/mol. The van der Waals surface area contributed by atoms with Crippen molar-refractivity contribution in [2.75, 3.05) is 14.2 Å². The second-order valence-corrected chi connectivity index (χ2v) is 20.2. The zero-order valence-electron chi connectivity index (χ0n) is 30.8. The van der Waals surface area contributed by atoms with E-state index in [1.54, 1.807) is 7.11 Å². The van der Waals surface area contributed by atoms with Crippen LogP contribution in [-0.2, 0) is 26.5 Å². The molecule has 2 fully saturated rings. The predicted octanol–water partition coefficient (Wildman–Crippen LogP) is 9.76. The average Bonchev–Trinajstić information content (AvgIpc) is 3.67. The van der Waals surface area contributed by atoms with Crippen LogP contribution in [0.15, 0.2) is 48.8 Å². The van der Waals surface area contributed by atoms with Gasteiger partial charge in [0.15, 0.2) is 0 Å². The molecular weight excluding hydrogens is 638 g/mol. The Labute approximate surface area is 292 Å². The van der Waals surface area contributed by atoms with Crippen LogP contribution in [0, 0.1) is 21.5 Å². The Morgan fingerprint density at radius 3 is 1.11 bits per heavy atom. The third kappa shape index (κ3) is 20.3. The van der Waals surface area contributed by atoms with Gasteiger partial charge in [0.05, 0.1) is 16.5 Å². The molecule has 8 heteroatoms. The maximum absolute atomic E-state index is 7.50. The van der Waals surface area contributed by atoms with Crippen molar-refractivity contribution in [3.8, 4) is 0 Å². The first-order chi connectivity index (χ1) is 19.7. The predicted molar refractivity (Wildman–Crippen MR) is 197 cm³/mol. The quantitative estimate of drug-likeness (QED) is 0.149. The summed E-state index contributed by atoms with van der Waals surface area (Å²) in [7, 11) is 2.49. The molecule has 4 rings (SSSR count). The molecule has 2 aliphatic rings. The first-order valence-electron chi connectivity index (χ1n) is 15.3. The maximum atomic E-state index is 7.50. The molecule has 2 aromatic rings. The minimum atomic E-state index is -0.109. The van der Waals surface area contributed by atoms with Crippen molar-refractivity contribution in [3.63, 3.8) is 0 Å². The zero-order chi connectivity index (χ0) is 32.4.